The van der Waals surface area contributed by atoms with Crippen molar-refractivity contribution in [3.8, 4) is 0 Å². The third kappa shape index (κ3) is 6.19. The fourth-order valence-corrected chi connectivity index (χ4v) is 2.24. The van der Waals surface area contributed by atoms with Crippen molar-refractivity contribution in [3.05, 3.63) is 74.8 Å². The van der Waals surface area contributed by atoms with Crippen LogP contribution in [0.4, 0.5) is 11.4 Å². The quantitative estimate of drug-likeness (QED) is 0.343. The molecule has 0 aromatic heterocycles. The summed E-state index contributed by atoms with van der Waals surface area (Å²) in [7, 11) is 0. The second kappa shape index (κ2) is 8.74. The molecule has 0 unspecified atom stereocenters. The second-order valence-corrected chi connectivity index (χ2v) is 5.76. The van der Waals surface area contributed by atoms with E-state index in [1.165, 1.54) is 30.3 Å². The predicted molar refractivity (Wildman–Crippen MR) is 95.9 cm³/mol. The number of hydrogen-bond acceptors (Lipinski definition) is 5. The monoisotopic (exact) mass is 404 g/mol. The number of nitro benzene ring substituents is 1. The van der Waals surface area contributed by atoms with Gasteiger partial charge in [0.1, 0.15) is 0 Å². The summed E-state index contributed by atoms with van der Waals surface area (Å²) in [5.41, 5.74) is 1.10. The molecule has 0 radical (unpaired) electrons. The normalized spacial score (nSPS) is 10.4. The van der Waals surface area contributed by atoms with Crippen LogP contribution in [-0.4, -0.2) is 23.4 Å². The van der Waals surface area contributed by atoms with Crippen LogP contribution in [0.25, 0.3) is 6.08 Å². The van der Waals surface area contributed by atoms with Crippen molar-refractivity contribution in [3.63, 3.8) is 0 Å². The van der Waals surface area contributed by atoms with E-state index in [-0.39, 0.29) is 5.69 Å². The number of ether oxygens (including phenoxy) is 1. The topological polar surface area (TPSA) is 98.5 Å². The number of non-ortho nitro benzene ring substituents is 1. The largest absolute Gasteiger partial charge is 0.452 e. The van der Waals surface area contributed by atoms with E-state index in [1.54, 1.807) is 6.08 Å². The molecule has 2 aromatic carbocycles. The van der Waals surface area contributed by atoms with Gasteiger partial charge in [-0.2, -0.15) is 0 Å². The van der Waals surface area contributed by atoms with Crippen molar-refractivity contribution in [2.45, 2.75) is 0 Å². The highest BCUT2D eigenvalue weighted by Crippen LogP contribution is 2.15. The maximum Gasteiger partial charge on any atom is 0.331 e. The van der Waals surface area contributed by atoms with E-state index in [0.717, 1.165) is 10.0 Å². The van der Waals surface area contributed by atoms with E-state index < -0.39 is 23.4 Å². The number of carbonyl (C=O) groups is 2. The lowest BCUT2D eigenvalue weighted by molar-refractivity contribution is -0.384. The van der Waals surface area contributed by atoms with E-state index in [1.807, 2.05) is 24.3 Å². The first-order valence-corrected chi connectivity index (χ1v) is 7.88. The van der Waals surface area contributed by atoms with E-state index >= 15 is 0 Å². The molecule has 0 saturated heterocycles. The Morgan fingerprint density at radius 1 is 1.20 bits per heavy atom. The Morgan fingerprint density at radius 2 is 1.92 bits per heavy atom. The van der Waals surface area contributed by atoms with E-state index in [9.17, 15) is 19.7 Å². The molecule has 128 valence electrons. The molecule has 7 nitrogen and oxygen atoms in total. The molecule has 0 heterocycles. The molecule has 0 atom stereocenters. The first-order chi connectivity index (χ1) is 11.9. The average molecular weight is 405 g/mol. The highest BCUT2D eigenvalue weighted by Gasteiger charge is 2.08. The minimum Gasteiger partial charge on any atom is -0.452 e. The Balaban J connectivity index is 1.81. The lowest BCUT2D eigenvalue weighted by atomic mass is 10.2. The lowest BCUT2D eigenvalue weighted by Crippen LogP contribution is -2.20. The number of anilines is 1. The van der Waals surface area contributed by atoms with Crippen molar-refractivity contribution >= 4 is 45.3 Å². The van der Waals surface area contributed by atoms with Gasteiger partial charge in [-0.15, -0.1) is 0 Å². The molecule has 1 amide bonds. The average Bonchev–Trinajstić information content (AvgIpc) is 2.58. The van der Waals surface area contributed by atoms with Crippen LogP contribution in [0, 0.1) is 10.1 Å². The van der Waals surface area contributed by atoms with Gasteiger partial charge < -0.3 is 10.1 Å². The third-order valence-electron chi connectivity index (χ3n) is 2.97. The molecule has 0 aliphatic heterocycles. The van der Waals surface area contributed by atoms with Crippen molar-refractivity contribution < 1.29 is 19.2 Å². The van der Waals surface area contributed by atoms with Gasteiger partial charge in [0.05, 0.1) is 4.92 Å². The number of halogens is 1. The van der Waals surface area contributed by atoms with Gasteiger partial charge in [-0.1, -0.05) is 28.1 Å². The number of benzene rings is 2. The smallest absolute Gasteiger partial charge is 0.331 e. The number of carbonyl (C=O) groups excluding carboxylic acids is 2. The minimum absolute atomic E-state index is 0.0814. The SMILES string of the molecule is O=C(COC(=O)/C=C/c1cccc(Br)c1)Nc1ccc([N+](=O)[O-])cc1. The molecule has 0 saturated carbocycles. The van der Waals surface area contributed by atoms with Gasteiger partial charge in [0, 0.05) is 28.4 Å². The molecule has 0 spiro atoms. The Hall–Kier alpha value is -3.00. The van der Waals surface area contributed by atoms with Crippen LogP contribution in [-0.2, 0) is 14.3 Å². The Kier molecular flexibility index (Phi) is 6.41. The fourth-order valence-electron chi connectivity index (χ4n) is 1.82. The number of nitrogens with one attached hydrogen (secondary N) is 1. The van der Waals surface area contributed by atoms with E-state index in [0.29, 0.717) is 5.69 Å². The second-order valence-electron chi connectivity index (χ2n) is 4.85. The van der Waals surface area contributed by atoms with Gasteiger partial charge >= 0.3 is 5.97 Å². The van der Waals surface area contributed by atoms with Gasteiger partial charge in [0.25, 0.3) is 11.6 Å². The fraction of sp³-hybridized carbons (Fsp3) is 0.0588. The molecule has 2 aromatic rings. The van der Waals surface area contributed by atoms with Crippen LogP contribution in [0.5, 0.6) is 0 Å². The van der Waals surface area contributed by atoms with E-state index in [4.69, 9.17) is 4.74 Å². The van der Waals surface area contributed by atoms with Crippen LogP contribution in [0.1, 0.15) is 5.56 Å². The first-order valence-electron chi connectivity index (χ1n) is 7.09. The van der Waals surface area contributed by atoms with Gasteiger partial charge in [-0.05, 0) is 35.9 Å². The summed E-state index contributed by atoms with van der Waals surface area (Å²) in [4.78, 5) is 33.3. The van der Waals surface area contributed by atoms with Crippen molar-refractivity contribution in [2.24, 2.45) is 0 Å². The zero-order valence-corrected chi connectivity index (χ0v) is 14.4. The van der Waals surface area contributed by atoms with Crippen molar-refractivity contribution in [1.29, 1.82) is 0 Å². The molecular formula is C17H13BrN2O5. The molecule has 0 fully saturated rings. The molecule has 0 aliphatic rings. The van der Waals surface area contributed by atoms with Crippen molar-refractivity contribution in [1.82, 2.24) is 0 Å². The standard InChI is InChI=1S/C17H13BrN2O5/c18-13-3-1-2-12(10-13)4-9-17(22)25-11-16(21)19-14-5-7-15(8-6-14)20(23)24/h1-10H,11H2,(H,19,21)/b9-4+. The van der Waals surface area contributed by atoms with E-state index in [2.05, 4.69) is 21.2 Å². The van der Waals surface area contributed by atoms with Crippen LogP contribution in [0.2, 0.25) is 0 Å². The molecule has 25 heavy (non-hydrogen) atoms. The summed E-state index contributed by atoms with van der Waals surface area (Å²) in [5, 5.41) is 13.0. The molecule has 0 bridgehead atoms. The lowest BCUT2D eigenvalue weighted by Gasteiger charge is -2.05. The number of rotatable bonds is 6. The molecule has 2 rings (SSSR count). The molecular weight excluding hydrogens is 392 g/mol. The van der Waals surface area contributed by atoms with Gasteiger partial charge in [-0.25, -0.2) is 4.79 Å². The van der Waals surface area contributed by atoms with Gasteiger partial charge in [-0.3, -0.25) is 14.9 Å². The summed E-state index contributed by atoms with van der Waals surface area (Å²) < 4.78 is 5.71. The number of amides is 1. The van der Waals surface area contributed by atoms with Crippen LogP contribution in [0.3, 0.4) is 0 Å². The zero-order valence-electron chi connectivity index (χ0n) is 12.8. The number of hydrogen-bond donors (Lipinski definition) is 1. The van der Waals surface area contributed by atoms with Crippen molar-refractivity contribution in [2.75, 3.05) is 11.9 Å². The number of nitrogens with zero attached hydrogens (tertiary/aromatic N) is 1. The maximum atomic E-state index is 11.7. The van der Waals surface area contributed by atoms with Crippen LogP contribution >= 0.6 is 15.9 Å². The molecule has 0 aliphatic carbocycles. The summed E-state index contributed by atoms with van der Waals surface area (Å²) in [6.07, 6.45) is 2.79. The minimum atomic E-state index is -0.654. The Morgan fingerprint density at radius 3 is 2.56 bits per heavy atom. The van der Waals surface area contributed by atoms with Gasteiger partial charge in [0.2, 0.25) is 0 Å². The number of nitro groups is 1. The highest BCUT2D eigenvalue weighted by atomic mass is 79.9. The Bertz CT molecular complexity index is 818. The number of esters is 1. The van der Waals surface area contributed by atoms with Crippen LogP contribution < -0.4 is 5.32 Å². The summed E-state index contributed by atoms with van der Waals surface area (Å²) in [5.74, 6) is -1.20. The highest BCUT2D eigenvalue weighted by molar-refractivity contribution is 9.10. The molecule has 1 N–H and O–H groups in total. The zero-order chi connectivity index (χ0) is 18.2. The maximum absolute atomic E-state index is 11.7. The summed E-state index contributed by atoms with van der Waals surface area (Å²) in [6, 6.07) is 12.6. The van der Waals surface area contributed by atoms with Crippen LogP contribution in [0.15, 0.2) is 59.1 Å². The third-order valence-corrected chi connectivity index (χ3v) is 3.46. The molecule has 8 heteroatoms. The summed E-state index contributed by atoms with van der Waals surface area (Å²) >= 11 is 3.32. The summed E-state index contributed by atoms with van der Waals surface area (Å²) in [6.45, 7) is -0.460. The first kappa shape index (κ1) is 18.3. The predicted octanol–water partition coefficient (Wildman–Crippen LogP) is 3.55. The Labute approximate surface area is 151 Å². The van der Waals surface area contributed by atoms with Gasteiger partial charge in [0.15, 0.2) is 6.61 Å².